The van der Waals surface area contributed by atoms with E-state index in [4.69, 9.17) is 0 Å². The molecule has 0 aromatic heterocycles. The van der Waals surface area contributed by atoms with Gasteiger partial charge in [0.25, 0.3) is 0 Å². The fraction of sp³-hybridized carbons (Fsp3) is 0.577. The summed E-state index contributed by atoms with van der Waals surface area (Å²) in [4.78, 5) is 14.8. The fourth-order valence-corrected chi connectivity index (χ4v) is 5.44. The van der Waals surface area contributed by atoms with Crippen LogP contribution in [0.15, 0.2) is 42.6 Å². The molecule has 0 N–H and O–H groups in total. The predicted molar refractivity (Wildman–Crippen MR) is 131 cm³/mol. The molecule has 0 spiro atoms. The topological polar surface area (TPSA) is 23.6 Å². The monoisotopic (exact) mass is 426 g/mol. The van der Waals surface area contributed by atoms with Gasteiger partial charge in [0, 0.05) is 37.8 Å². The molecular weight excluding hydrogens is 387 g/mol. The number of amides is 1. The maximum atomic E-state index is 12.8. The van der Waals surface area contributed by atoms with Crippen LogP contribution in [0.2, 0.25) is 0 Å². The maximum absolute atomic E-state index is 12.8. The van der Waals surface area contributed by atoms with E-state index in [0.717, 1.165) is 36.5 Å². The molecule has 0 aliphatic heterocycles. The van der Waals surface area contributed by atoms with Gasteiger partial charge in [-0.05, 0) is 58.5 Å². The Morgan fingerprint density at radius 2 is 1.60 bits per heavy atom. The van der Waals surface area contributed by atoms with Gasteiger partial charge in [-0.3, -0.25) is 4.79 Å². The van der Waals surface area contributed by atoms with Gasteiger partial charge in [0.05, 0.1) is 0 Å². The molecule has 3 rings (SSSR count). The Hall–Kier alpha value is -1.60. The predicted octanol–water partition coefficient (Wildman–Crippen LogP) is 6.53. The molecule has 0 bridgehead atoms. The Balaban J connectivity index is 1.72. The average molecular weight is 427 g/mol. The summed E-state index contributed by atoms with van der Waals surface area (Å²) >= 11 is 0. The summed E-state index contributed by atoms with van der Waals surface area (Å²) < 4.78 is 2.06. The third-order valence-corrected chi connectivity index (χ3v) is 7.39. The van der Waals surface area contributed by atoms with Crippen LogP contribution < -0.4 is 0 Å². The second kappa shape index (κ2) is 11.1. The van der Waals surface area contributed by atoms with E-state index in [-0.39, 0.29) is 5.91 Å². The molecule has 0 saturated heterocycles. The zero-order chi connectivity index (χ0) is 21.5. The van der Waals surface area contributed by atoms with Crippen LogP contribution in [0.1, 0.15) is 87.7 Å². The maximum Gasteiger partial charge on any atom is 0.222 e. The Morgan fingerprint density at radius 1 is 1.00 bits per heavy atom. The molecule has 2 fully saturated rings. The zero-order valence-corrected chi connectivity index (χ0v) is 20.1. The van der Waals surface area contributed by atoms with Gasteiger partial charge in [0.2, 0.25) is 5.91 Å². The van der Waals surface area contributed by atoms with E-state index < -0.39 is 0 Å². The summed E-state index contributed by atoms with van der Waals surface area (Å²) in [5.41, 5.74) is 4.93. The van der Waals surface area contributed by atoms with E-state index in [0.29, 0.717) is 12.5 Å². The first-order valence-corrected chi connectivity index (χ1v) is 12.2. The van der Waals surface area contributed by atoms with Gasteiger partial charge in [-0.1, -0.05) is 69.0 Å². The molecule has 1 aromatic rings. The van der Waals surface area contributed by atoms with Crippen molar-refractivity contribution in [3.63, 3.8) is 0 Å². The SMILES string of the molecule is C=C/C(=C(/CCC(=O)N(C)C1CCCC1)N(C)P)c1ccc(C2CCCCC2)cc1. The second-order valence-electron chi connectivity index (χ2n) is 9.08. The molecule has 0 radical (unpaired) electrons. The molecule has 1 atom stereocenters. The number of hydrogen-bond donors (Lipinski definition) is 0. The summed E-state index contributed by atoms with van der Waals surface area (Å²) in [5, 5.41) is 0. The summed E-state index contributed by atoms with van der Waals surface area (Å²) in [6, 6.07) is 9.51. The molecule has 2 saturated carbocycles. The molecule has 1 unspecified atom stereocenters. The summed E-state index contributed by atoms with van der Waals surface area (Å²) in [6.45, 7) is 4.09. The Bertz CT molecular complexity index is 741. The molecular formula is C26H39N2OP. The van der Waals surface area contributed by atoms with Gasteiger partial charge in [0.15, 0.2) is 0 Å². The minimum Gasteiger partial charge on any atom is -0.362 e. The third-order valence-electron chi connectivity index (χ3n) is 7.08. The van der Waals surface area contributed by atoms with Crippen molar-refractivity contribution in [3.05, 3.63) is 53.7 Å². The lowest BCUT2D eigenvalue weighted by atomic mass is 9.83. The van der Waals surface area contributed by atoms with Crippen LogP contribution in [0.4, 0.5) is 0 Å². The van der Waals surface area contributed by atoms with Crippen LogP contribution in [0.3, 0.4) is 0 Å². The highest BCUT2D eigenvalue weighted by molar-refractivity contribution is 7.13. The van der Waals surface area contributed by atoms with E-state index in [9.17, 15) is 4.79 Å². The molecule has 1 amide bonds. The van der Waals surface area contributed by atoms with Gasteiger partial charge >= 0.3 is 0 Å². The smallest absolute Gasteiger partial charge is 0.222 e. The first kappa shape index (κ1) is 23.1. The lowest BCUT2D eigenvalue weighted by molar-refractivity contribution is -0.131. The number of hydrogen-bond acceptors (Lipinski definition) is 2. The first-order valence-electron chi connectivity index (χ1n) is 11.7. The van der Waals surface area contributed by atoms with Gasteiger partial charge in [-0.15, -0.1) is 0 Å². The van der Waals surface area contributed by atoms with Crippen LogP contribution in [0.25, 0.3) is 5.57 Å². The van der Waals surface area contributed by atoms with Crippen LogP contribution in [-0.4, -0.2) is 35.6 Å². The molecule has 2 aliphatic rings. The Morgan fingerprint density at radius 3 is 2.17 bits per heavy atom. The van der Waals surface area contributed by atoms with Crippen molar-refractivity contribution in [1.29, 1.82) is 0 Å². The molecule has 1 aromatic carbocycles. The molecule has 164 valence electrons. The van der Waals surface area contributed by atoms with Gasteiger partial charge in [0.1, 0.15) is 0 Å². The highest BCUT2D eigenvalue weighted by Crippen LogP contribution is 2.34. The van der Waals surface area contributed by atoms with E-state index >= 15 is 0 Å². The van der Waals surface area contributed by atoms with Crippen molar-refractivity contribution in [3.8, 4) is 0 Å². The molecule has 0 heterocycles. The van der Waals surface area contributed by atoms with Crippen molar-refractivity contribution in [2.24, 2.45) is 0 Å². The van der Waals surface area contributed by atoms with Gasteiger partial charge in [-0.25, -0.2) is 0 Å². The second-order valence-corrected chi connectivity index (χ2v) is 9.85. The summed E-state index contributed by atoms with van der Waals surface area (Å²) in [7, 11) is 6.77. The first-order chi connectivity index (χ1) is 14.5. The van der Waals surface area contributed by atoms with E-state index in [1.54, 1.807) is 0 Å². The molecule has 4 heteroatoms. The van der Waals surface area contributed by atoms with Crippen molar-refractivity contribution >= 4 is 20.9 Å². The van der Waals surface area contributed by atoms with E-state index in [1.165, 1.54) is 56.1 Å². The standard InChI is InChI=1S/C26H39N2OP/c1-4-24(22-16-14-21(15-17-22)20-10-6-5-7-11-20)25(28(3)30)18-19-26(29)27(2)23-12-8-9-13-23/h4,14-17,20,23H,1,5-13,18-19,30H2,2-3H3/b25-24+. The number of carbonyl (C=O) groups is 1. The van der Waals surface area contributed by atoms with Crippen LogP contribution in [0.5, 0.6) is 0 Å². The average Bonchev–Trinajstić information content (AvgIpc) is 3.31. The number of carbonyl (C=O) groups excluding carboxylic acids is 1. The third kappa shape index (κ3) is 5.76. The number of benzene rings is 1. The van der Waals surface area contributed by atoms with Gasteiger partial charge in [-0.2, -0.15) is 0 Å². The van der Waals surface area contributed by atoms with Gasteiger partial charge < -0.3 is 9.57 Å². The van der Waals surface area contributed by atoms with Crippen LogP contribution in [0, 0.1) is 0 Å². The van der Waals surface area contributed by atoms with E-state index in [1.807, 2.05) is 25.1 Å². The Labute approximate surface area is 185 Å². The minimum absolute atomic E-state index is 0.252. The highest BCUT2D eigenvalue weighted by Gasteiger charge is 2.24. The molecule has 2 aliphatic carbocycles. The fourth-order valence-electron chi connectivity index (χ4n) is 5.17. The quantitative estimate of drug-likeness (QED) is 0.348. The number of allylic oxidation sites excluding steroid dienone is 3. The van der Waals surface area contributed by atoms with Crippen molar-refractivity contribution < 1.29 is 4.79 Å². The molecule has 30 heavy (non-hydrogen) atoms. The number of nitrogens with zero attached hydrogens (tertiary/aromatic N) is 2. The highest BCUT2D eigenvalue weighted by atomic mass is 31.0. The molecule has 3 nitrogen and oxygen atoms in total. The van der Waals surface area contributed by atoms with Crippen LogP contribution in [-0.2, 0) is 4.79 Å². The van der Waals surface area contributed by atoms with E-state index in [2.05, 4.69) is 44.9 Å². The zero-order valence-electron chi connectivity index (χ0n) is 18.9. The summed E-state index contributed by atoms with van der Waals surface area (Å²) in [5.74, 6) is 0.971. The Kier molecular flexibility index (Phi) is 8.57. The van der Waals surface area contributed by atoms with Crippen LogP contribution >= 0.6 is 9.39 Å². The normalized spacial score (nSPS) is 18.8. The summed E-state index contributed by atoms with van der Waals surface area (Å²) in [6.07, 6.45) is 14.7. The van der Waals surface area contributed by atoms with Crippen molar-refractivity contribution in [1.82, 2.24) is 9.57 Å². The lowest BCUT2D eigenvalue weighted by Crippen LogP contribution is -2.35. The van der Waals surface area contributed by atoms with Crippen molar-refractivity contribution in [2.45, 2.75) is 82.6 Å². The lowest BCUT2D eigenvalue weighted by Gasteiger charge is -2.26. The minimum atomic E-state index is 0.252. The largest absolute Gasteiger partial charge is 0.362 e. The van der Waals surface area contributed by atoms with Crippen molar-refractivity contribution in [2.75, 3.05) is 14.1 Å². The number of rotatable bonds is 8.